The molecule has 0 fully saturated rings. The van der Waals surface area contributed by atoms with E-state index in [4.69, 9.17) is 0 Å². The fraction of sp³-hybridized carbons (Fsp3) is 0.471. The SMILES string of the molecule is C.CC(C)(C)Cc1ccc(-c2ccccc2)cc1.CC(C)(C)Cc1ccc(C(C)(C)C)cc1.CC(C)(C)Cc1cccc(-c2ccccc2)c1.Cc1cc(CC(C)(C)C)ccc1OC(F)(F)F.Cc1ccc(C)c(CC(C)(C)C)c1.Cc1ccc(CC(C)(C)C)cc1C.Cc1ccc(CC(C)(C)C)cc1C. The molecule has 9 rings (SSSR count). The normalized spacial score (nSPS) is 11.9. The second kappa shape index (κ2) is 41.2. The van der Waals surface area contributed by atoms with E-state index in [9.17, 15) is 13.2 Å². The van der Waals surface area contributed by atoms with Crippen LogP contribution in [0.25, 0.3) is 22.3 Å². The standard InChI is InChI=1S/2C17H20.C15H24.C13H17F3O.3C13H20.CH4/c1-17(2,3)13-14-8-7-11-16(12-14)15-9-5-4-6-10-15;1-17(2,3)13-14-9-11-16(12-10-14)15-7-5-4-6-8-15;1-14(2,3)11-12-7-9-13(10-8-12)15(4,5)6;1-9-7-10(8-12(2,3)4)5-6-11(9)17-13(14,15)16;2*1-10-6-7-12(8-11(10)2)9-13(3,4)5;1-10-6-7-11(2)12(8-10)9-13(3,4)5;/h2*4-12H,13H2,1-3H3;7-10H,11H2,1-6H3;5-7H,8H2,1-4H3;3*6-8H,9H2,1-5H3;1H4. The first-order chi connectivity index (χ1) is 48.0. The number of benzene rings is 9. The van der Waals surface area contributed by atoms with Crippen LogP contribution in [0.3, 0.4) is 0 Å². The Hall–Kier alpha value is -7.43. The summed E-state index contributed by atoms with van der Waals surface area (Å²) >= 11 is 0. The summed E-state index contributed by atoms with van der Waals surface area (Å²) in [6, 6.07) is 73.0. The largest absolute Gasteiger partial charge is 0.573 e. The van der Waals surface area contributed by atoms with Crippen molar-refractivity contribution >= 4 is 0 Å². The maximum atomic E-state index is 12.1. The van der Waals surface area contributed by atoms with Crippen LogP contribution in [-0.4, -0.2) is 6.36 Å². The fourth-order valence-corrected chi connectivity index (χ4v) is 12.2. The number of rotatable bonds is 10. The van der Waals surface area contributed by atoms with Crippen LogP contribution in [0.5, 0.6) is 5.75 Å². The number of hydrogen-bond donors (Lipinski definition) is 0. The summed E-state index contributed by atoms with van der Waals surface area (Å²) in [6.45, 7) is 68.7. The fourth-order valence-electron chi connectivity index (χ4n) is 12.2. The molecule has 580 valence electrons. The summed E-state index contributed by atoms with van der Waals surface area (Å²) in [5.74, 6) is -0.129. The van der Waals surface area contributed by atoms with Crippen molar-refractivity contribution in [1.29, 1.82) is 0 Å². The van der Waals surface area contributed by atoms with Gasteiger partial charge in [0.25, 0.3) is 0 Å². The Morgan fingerprint density at radius 2 is 0.547 bits per heavy atom. The Bertz CT molecular complexity index is 3910. The van der Waals surface area contributed by atoms with Gasteiger partial charge in [0.2, 0.25) is 0 Å². The quantitative estimate of drug-likeness (QED) is 0.133. The van der Waals surface area contributed by atoms with E-state index in [2.05, 4.69) is 401 Å². The van der Waals surface area contributed by atoms with Crippen molar-refractivity contribution in [1.82, 2.24) is 0 Å². The summed E-state index contributed by atoms with van der Waals surface area (Å²) in [7, 11) is 0. The minimum Gasteiger partial charge on any atom is -0.406 e. The topological polar surface area (TPSA) is 9.23 Å². The Morgan fingerprint density at radius 1 is 0.245 bits per heavy atom. The van der Waals surface area contributed by atoms with Crippen molar-refractivity contribution in [2.24, 2.45) is 37.9 Å². The van der Waals surface area contributed by atoms with Crippen LogP contribution in [0.1, 0.15) is 257 Å². The van der Waals surface area contributed by atoms with Crippen LogP contribution in [0.4, 0.5) is 13.2 Å². The van der Waals surface area contributed by atoms with E-state index < -0.39 is 6.36 Å². The van der Waals surface area contributed by atoms with Gasteiger partial charge in [-0.25, -0.2) is 0 Å². The van der Waals surface area contributed by atoms with Gasteiger partial charge in [-0.1, -0.05) is 379 Å². The number of halogens is 3. The molecule has 0 aliphatic carbocycles. The number of hydrogen-bond acceptors (Lipinski definition) is 1. The van der Waals surface area contributed by atoms with Crippen molar-refractivity contribution in [3.05, 3.63) is 290 Å². The molecule has 0 saturated carbocycles. The summed E-state index contributed by atoms with van der Waals surface area (Å²) in [6.07, 6.45) is 3.08. The van der Waals surface area contributed by atoms with E-state index in [0.29, 0.717) is 38.1 Å². The molecule has 4 heteroatoms. The third kappa shape index (κ3) is 42.2. The molecular formula is C102H145F3O. The third-order valence-electron chi connectivity index (χ3n) is 17.2. The molecule has 0 amide bonds. The van der Waals surface area contributed by atoms with Crippen molar-refractivity contribution < 1.29 is 17.9 Å². The first kappa shape index (κ1) is 94.6. The maximum absolute atomic E-state index is 12.1. The molecule has 1 nitrogen and oxygen atoms in total. The summed E-state index contributed by atoms with van der Waals surface area (Å²) < 4.78 is 40.1. The second-order valence-corrected chi connectivity index (χ2v) is 39.2. The van der Waals surface area contributed by atoms with Gasteiger partial charge in [0.1, 0.15) is 5.75 Å². The van der Waals surface area contributed by atoms with Gasteiger partial charge in [-0.2, -0.15) is 0 Å². The van der Waals surface area contributed by atoms with Gasteiger partial charge in [-0.3, -0.25) is 0 Å². The molecule has 0 spiro atoms. The van der Waals surface area contributed by atoms with E-state index in [-0.39, 0.29) is 24.0 Å². The van der Waals surface area contributed by atoms with Crippen LogP contribution in [0.15, 0.2) is 206 Å². The van der Waals surface area contributed by atoms with Crippen molar-refractivity contribution in [3.63, 3.8) is 0 Å². The second-order valence-electron chi connectivity index (χ2n) is 39.2. The van der Waals surface area contributed by atoms with Crippen LogP contribution in [0.2, 0.25) is 0 Å². The zero-order chi connectivity index (χ0) is 79.7. The lowest BCUT2D eigenvalue weighted by molar-refractivity contribution is -0.274. The predicted octanol–water partition coefficient (Wildman–Crippen LogP) is 31.3. The maximum Gasteiger partial charge on any atom is 0.573 e. The van der Waals surface area contributed by atoms with E-state index in [1.54, 1.807) is 19.1 Å². The summed E-state index contributed by atoms with van der Waals surface area (Å²) in [5.41, 5.74) is 27.8. The zero-order valence-corrected chi connectivity index (χ0v) is 71.6. The van der Waals surface area contributed by atoms with E-state index in [1.165, 1.54) is 107 Å². The van der Waals surface area contributed by atoms with Gasteiger partial charge in [0.15, 0.2) is 0 Å². The molecule has 0 aliphatic heterocycles. The number of alkyl halides is 3. The van der Waals surface area contributed by atoms with Crippen LogP contribution in [-0.2, 0) is 50.4 Å². The Labute approximate surface area is 648 Å². The smallest absolute Gasteiger partial charge is 0.406 e. The third-order valence-corrected chi connectivity index (χ3v) is 17.2. The minimum absolute atomic E-state index is 0. The molecule has 0 atom stereocenters. The molecular weight excluding hydrogens is 1300 g/mol. The average molecular weight is 1440 g/mol. The van der Waals surface area contributed by atoms with Gasteiger partial charge >= 0.3 is 6.36 Å². The molecule has 106 heavy (non-hydrogen) atoms. The number of ether oxygens (including phenoxy) is 1. The highest BCUT2D eigenvalue weighted by atomic mass is 19.4. The van der Waals surface area contributed by atoms with Gasteiger partial charge in [0, 0.05) is 0 Å². The highest BCUT2D eigenvalue weighted by molar-refractivity contribution is 5.64. The van der Waals surface area contributed by atoms with Crippen LogP contribution in [0, 0.1) is 86.4 Å². The molecule has 0 bridgehead atoms. The molecule has 0 saturated heterocycles. The Balaban J connectivity index is 0.000000421. The van der Waals surface area contributed by atoms with Crippen LogP contribution >= 0.6 is 0 Å². The molecule has 0 N–H and O–H groups in total. The number of aryl methyl sites for hydroxylation is 7. The van der Waals surface area contributed by atoms with Crippen LogP contribution < -0.4 is 4.74 Å². The summed E-state index contributed by atoms with van der Waals surface area (Å²) in [4.78, 5) is 0. The Kier molecular flexibility index (Phi) is 36.8. The van der Waals surface area contributed by atoms with Crippen molar-refractivity contribution in [2.45, 2.75) is 279 Å². The molecule has 0 unspecified atom stereocenters. The van der Waals surface area contributed by atoms with E-state index in [1.807, 2.05) is 0 Å². The summed E-state index contributed by atoms with van der Waals surface area (Å²) in [5, 5.41) is 0. The lowest BCUT2D eigenvalue weighted by atomic mass is 9.84. The van der Waals surface area contributed by atoms with Crippen molar-refractivity contribution in [3.8, 4) is 28.0 Å². The highest BCUT2D eigenvalue weighted by Gasteiger charge is 2.32. The van der Waals surface area contributed by atoms with Gasteiger partial charge in [-0.05, 0) is 243 Å². The zero-order valence-electron chi connectivity index (χ0n) is 71.6. The lowest BCUT2D eigenvalue weighted by Crippen LogP contribution is -2.18. The predicted molar refractivity (Wildman–Crippen MR) is 463 cm³/mol. The molecule has 9 aromatic rings. The average Bonchev–Trinajstić information content (AvgIpc) is 0.875. The molecule has 9 aromatic carbocycles. The lowest BCUT2D eigenvalue weighted by Gasteiger charge is -2.21. The van der Waals surface area contributed by atoms with Gasteiger partial charge < -0.3 is 4.74 Å². The molecule has 0 aliphatic rings. The first-order valence-corrected chi connectivity index (χ1v) is 38.4. The monoisotopic (exact) mass is 1440 g/mol. The van der Waals surface area contributed by atoms with Gasteiger partial charge in [0.05, 0.1) is 0 Å². The molecule has 0 heterocycles. The highest BCUT2D eigenvalue weighted by Crippen LogP contribution is 2.33. The minimum atomic E-state index is -4.63. The molecule has 0 radical (unpaired) electrons. The molecule has 0 aromatic heterocycles. The van der Waals surface area contributed by atoms with E-state index >= 15 is 0 Å². The van der Waals surface area contributed by atoms with E-state index in [0.717, 1.165) is 44.1 Å². The van der Waals surface area contributed by atoms with Crippen molar-refractivity contribution in [2.75, 3.05) is 0 Å². The Morgan fingerprint density at radius 3 is 0.896 bits per heavy atom. The van der Waals surface area contributed by atoms with Gasteiger partial charge in [-0.15, -0.1) is 13.2 Å². The first-order valence-electron chi connectivity index (χ1n) is 38.4.